The highest BCUT2D eigenvalue weighted by Gasteiger charge is 2.28. The molecular formula is C20H22FNO2. The summed E-state index contributed by atoms with van der Waals surface area (Å²) in [7, 11) is 0. The van der Waals surface area contributed by atoms with Crippen molar-refractivity contribution in [3.63, 3.8) is 0 Å². The average Bonchev–Trinajstić information content (AvgIpc) is 2.54. The standard InChI is InChI=1S/C20H22FNO2/c1-20(2,3)14-6-4-13(5-7-14)19(24)22-11-10-18(23)16-12-15(21)8-9-17(16)22/h4-9,12,18,23H,10-11H2,1-3H3. The molecule has 1 aliphatic rings. The van der Waals surface area contributed by atoms with Gasteiger partial charge in [0.1, 0.15) is 5.82 Å². The van der Waals surface area contributed by atoms with E-state index in [1.54, 1.807) is 11.0 Å². The zero-order chi connectivity index (χ0) is 17.5. The summed E-state index contributed by atoms with van der Waals surface area (Å²) in [6.45, 7) is 6.79. The highest BCUT2D eigenvalue weighted by Crippen LogP contribution is 2.35. The first kappa shape index (κ1) is 16.7. The third kappa shape index (κ3) is 3.06. The summed E-state index contributed by atoms with van der Waals surface area (Å²) >= 11 is 0. The Balaban J connectivity index is 1.93. The van der Waals surface area contributed by atoms with Gasteiger partial charge < -0.3 is 10.0 Å². The molecule has 3 nitrogen and oxygen atoms in total. The first-order chi connectivity index (χ1) is 11.3. The van der Waals surface area contributed by atoms with Gasteiger partial charge in [-0.3, -0.25) is 4.79 Å². The van der Waals surface area contributed by atoms with Gasteiger partial charge in [-0.05, 0) is 47.7 Å². The van der Waals surface area contributed by atoms with Gasteiger partial charge in [0, 0.05) is 23.4 Å². The zero-order valence-electron chi connectivity index (χ0n) is 14.2. The number of aliphatic hydroxyl groups is 1. The molecule has 1 aliphatic heterocycles. The number of amides is 1. The molecule has 126 valence electrons. The minimum atomic E-state index is -0.733. The Labute approximate surface area is 141 Å². The van der Waals surface area contributed by atoms with Gasteiger partial charge in [-0.1, -0.05) is 32.9 Å². The smallest absolute Gasteiger partial charge is 0.258 e. The van der Waals surface area contributed by atoms with Crippen LogP contribution in [0.1, 0.15) is 54.8 Å². The number of carbonyl (C=O) groups is 1. The molecule has 0 bridgehead atoms. The maximum atomic E-state index is 13.5. The second-order valence-electron chi connectivity index (χ2n) is 7.29. The lowest BCUT2D eigenvalue weighted by atomic mass is 9.86. The molecule has 2 aromatic carbocycles. The number of fused-ring (bicyclic) bond motifs is 1. The van der Waals surface area contributed by atoms with E-state index in [4.69, 9.17) is 0 Å². The Bertz CT molecular complexity index is 762. The van der Waals surface area contributed by atoms with Crippen LogP contribution < -0.4 is 4.90 Å². The summed E-state index contributed by atoms with van der Waals surface area (Å²) in [5, 5.41) is 10.1. The van der Waals surface area contributed by atoms with E-state index in [1.807, 2.05) is 24.3 Å². The van der Waals surface area contributed by atoms with E-state index in [0.29, 0.717) is 29.8 Å². The molecule has 0 aliphatic carbocycles. The zero-order valence-corrected chi connectivity index (χ0v) is 14.2. The predicted octanol–water partition coefficient (Wildman–Crippen LogP) is 4.21. The molecule has 3 rings (SSSR count). The second kappa shape index (κ2) is 6.02. The topological polar surface area (TPSA) is 40.5 Å². The van der Waals surface area contributed by atoms with E-state index in [2.05, 4.69) is 20.8 Å². The van der Waals surface area contributed by atoms with E-state index >= 15 is 0 Å². The monoisotopic (exact) mass is 327 g/mol. The Morgan fingerprint density at radius 3 is 2.46 bits per heavy atom. The van der Waals surface area contributed by atoms with E-state index < -0.39 is 11.9 Å². The van der Waals surface area contributed by atoms with Gasteiger partial charge in [0.2, 0.25) is 0 Å². The number of hydrogen-bond acceptors (Lipinski definition) is 2. The van der Waals surface area contributed by atoms with Crippen LogP contribution in [0.5, 0.6) is 0 Å². The Hall–Kier alpha value is -2.20. The number of halogens is 1. The van der Waals surface area contributed by atoms with Crippen molar-refractivity contribution >= 4 is 11.6 Å². The van der Waals surface area contributed by atoms with Crippen LogP contribution in [0.2, 0.25) is 0 Å². The fraction of sp³-hybridized carbons (Fsp3) is 0.350. The molecule has 4 heteroatoms. The van der Waals surface area contributed by atoms with Crippen LogP contribution in [0.15, 0.2) is 42.5 Å². The highest BCUT2D eigenvalue weighted by molar-refractivity contribution is 6.06. The van der Waals surface area contributed by atoms with Gasteiger partial charge in [-0.2, -0.15) is 0 Å². The lowest BCUT2D eigenvalue weighted by Gasteiger charge is -2.32. The molecule has 0 saturated carbocycles. The largest absolute Gasteiger partial charge is 0.388 e. The summed E-state index contributed by atoms with van der Waals surface area (Å²) in [6.07, 6.45) is -0.328. The maximum Gasteiger partial charge on any atom is 0.258 e. The Morgan fingerprint density at radius 2 is 1.83 bits per heavy atom. The van der Waals surface area contributed by atoms with Gasteiger partial charge in [-0.15, -0.1) is 0 Å². The van der Waals surface area contributed by atoms with Crippen LogP contribution in [0.25, 0.3) is 0 Å². The minimum absolute atomic E-state index is 0.0287. The van der Waals surface area contributed by atoms with Gasteiger partial charge in [-0.25, -0.2) is 4.39 Å². The summed E-state index contributed by atoms with van der Waals surface area (Å²) in [5.74, 6) is -0.535. The second-order valence-corrected chi connectivity index (χ2v) is 7.29. The summed E-state index contributed by atoms with van der Waals surface area (Å²) in [6, 6.07) is 11.8. The third-order valence-corrected chi connectivity index (χ3v) is 4.51. The Kier molecular flexibility index (Phi) is 4.18. The molecule has 1 heterocycles. The number of aliphatic hydroxyl groups excluding tert-OH is 1. The van der Waals surface area contributed by atoms with Crippen molar-refractivity contribution < 1.29 is 14.3 Å². The van der Waals surface area contributed by atoms with Gasteiger partial charge in [0.05, 0.1) is 6.10 Å². The molecule has 2 aromatic rings. The van der Waals surface area contributed by atoms with Crippen molar-refractivity contribution in [3.8, 4) is 0 Å². The molecule has 0 saturated heterocycles. The number of nitrogens with zero attached hydrogens (tertiary/aromatic N) is 1. The van der Waals surface area contributed by atoms with Gasteiger partial charge in [0.25, 0.3) is 5.91 Å². The van der Waals surface area contributed by atoms with Crippen LogP contribution in [0.3, 0.4) is 0 Å². The average molecular weight is 327 g/mol. The predicted molar refractivity (Wildman–Crippen MR) is 92.8 cm³/mol. The van der Waals surface area contributed by atoms with Crippen molar-refractivity contribution in [1.29, 1.82) is 0 Å². The first-order valence-electron chi connectivity index (χ1n) is 8.17. The van der Waals surface area contributed by atoms with E-state index in [1.165, 1.54) is 12.1 Å². The van der Waals surface area contributed by atoms with Crippen molar-refractivity contribution in [3.05, 3.63) is 65.0 Å². The van der Waals surface area contributed by atoms with E-state index in [9.17, 15) is 14.3 Å². The maximum absolute atomic E-state index is 13.5. The minimum Gasteiger partial charge on any atom is -0.388 e. The molecule has 1 N–H and O–H groups in total. The lowest BCUT2D eigenvalue weighted by Crippen LogP contribution is -2.36. The molecule has 1 unspecified atom stereocenters. The van der Waals surface area contributed by atoms with Crippen molar-refractivity contribution in [2.75, 3.05) is 11.4 Å². The first-order valence-corrected chi connectivity index (χ1v) is 8.17. The number of carbonyl (C=O) groups excluding carboxylic acids is 1. The number of anilines is 1. The number of hydrogen-bond donors (Lipinski definition) is 1. The summed E-state index contributed by atoms with van der Waals surface area (Å²) in [4.78, 5) is 14.5. The van der Waals surface area contributed by atoms with Crippen LogP contribution in [-0.2, 0) is 5.41 Å². The van der Waals surface area contributed by atoms with Crippen LogP contribution in [0.4, 0.5) is 10.1 Å². The quantitative estimate of drug-likeness (QED) is 0.852. The molecule has 0 fully saturated rings. The van der Waals surface area contributed by atoms with Crippen molar-refractivity contribution in [2.45, 2.75) is 38.7 Å². The van der Waals surface area contributed by atoms with Crippen molar-refractivity contribution in [2.24, 2.45) is 0 Å². The molecule has 1 amide bonds. The van der Waals surface area contributed by atoms with Crippen LogP contribution in [0, 0.1) is 5.82 Å². The van der Waals surface area contributed by atoms with Crippen LogP contribution in [-0.4, -0.2) is 17.6 Å². The molecular weight excluding hydrogens is 305 g/mol. The fourth-order valence-corrected chi connectivity index (χ4v) is 3.05. The summed E-state index contributed by atoms with van der Waals surface area (Å²) < 4.78 is 13.5. The number of rotatable bonds is 1. The SMILES string of the molecule is CC(C)(C)c1ccc(C(=O)N2CCC(O)c3cc(F)ccc32)cc1. The Morgan fingerprint density at radius 1 is 1.17 bits per heavy atom. The van der Waals surface area contributed by atoms with Crippen molar-refractivity contribution in [1.82, 2.24) is 0 Å². The summed E-state index contributed by atoms with van der Waals surface area (Å²) in [5.41, 5.74) is 2.84. The lowest BCUT2D eigenvalue weighted by molar-refractivity contribution is 0.0970. The van der Waals surface area contributed by atoms with Gasteiger partial charge >= 0.3 is 0 Å². The van der Waals surface area contributed by atoms with Gasteiger partial charge in [0.15, 0.2) is 0 Å². The highest BCUT2D eigenvalue weighted by atomic mass is 19.1. The van der Waals surface area contributed by atoms with E-state index in [-0.39, 0.29) is 11.3 Å². The fourth-order valence-electron chi connectivity index (χ4n) is 3.05. The van der Waals surface area contributed by atoms with Crippen LogP contribution >= 0.6 is 0 Å². The number of benzene rings is 2. The molecule has 0 aromatic heterocycles. The molecule has 1 atom stereocenters. The normalized spacial score (nSPS) is 17.5. The molecule has 0 radical (unpaired) electrons. The molecule has 0 spiro atoms. The third-order valence-electron chi connectivity index (χ3n) is 4.51. The van der Waals surface area contributed by atoms with E-state index in [0.717, 1.165) is 5.56 Å². The molecule has 24 heavy (non-hydrogen) atoms.